The SMILES string of the molecule is C=CC(=O)Oc1ccc(-c2ccc(CCc3ccc(OC(=O)C(=C)C)cc3)cc2)cc1. The van der Waals surface area contributed by atoms with Crippen LogP contribution in [0.15, 0.2) is 97.6 Å². The van der Waals surface area contributed by atoms with E-state index in [1.54, 1.807) is 31.2 Å². The van der Waals surface area contributed by atoms with E-state index in [2.05, 4.69) is 37.4 Å². The van der Waals surface area contributed by atoms with Crippen molar-refractivity contribution in [1.82, 2.24) is 0 Å². The smallest absolute Gasteiger partial charge is 0.338 e. The number of ether oxygens (including phenoxy) is 2. The van der Waals surface area contributed by atoms with E-state index in [1.165, 1.54) is 11.1 Å². The molecule has 0 heterocycles. The molecule has 31 heavy (non-hydrogen) atoms. The second-order valence-electron chi connectivity index (χ2n) is 7.16. The van der Waals surface area contributed by atoms with Crippen molar-refractivity contribution >= 4 is 11.9 Å². The molecule has 0 bridgehead atoms. The van der Waals surface area contributed by atoms with Crippen molar-refractivity contribution in [3.63, 3.8) is 0 Å². The second kappa shape index (κ2) is 10.2. The second-order valence-corrected chi connectivity index (χ2v) is 7.16. The van der Waals surface area contributed by atoms with Crippen molar-refractivity contribution < 1.29 is 19.1 Å². The molecule has 3 rings (SSSR count). The van der Waals surface area contributed by atoms with Gasteiger partial charge < -0.3 is 9.47 Å². The molecule has 3 aromatic rings. The Balaban J connectivity index is 1.56. The van der Waals surface area contributed by atoms with Crippen molar-refractivity contribution in [2.45, 2.75) is 19.8 Å². The number of carbonyl (C=O) groups excluding carboxylic acids is 2. The topological polar surface area (TPSA) is 52.6 Å². The number of carbonyl (C=O) groups is 2. The van der Waals surface area contributed by atoms with Gasteiger partial charge in [-0.3, -0.25) is 0 Å². The first-order valence-corrected chi connectivity index (χ1v) is 9.95. The number of aryl methyl sites for hydroxylation is 2. The maximum Gasteiger partial charge on any atom is 0.338 e. The number of benzene rings is 3. The molecule has 0 N–H and O–H groups in total. The van der Waals surface area contributed by atoms with Crippen LogP contribution >= 0.6 is 0 Å². The lowest BCUT2D eigenvalue weighted by Crippen LogP contribution is -2.08. The van der Waals surface area contributed by atoms with Crippen LogP contribution in [0, 0.1) is 0 Å². The number of esters is 2. The van der Waals surface area contributed by atoms with Crippen LogP contribution in [0.5, 0.6) is 11.5 Å². The molecule has 0 saturated carbocycles. The van der Waals surface area contributed by atoms with E-state index in [9.17, 15) is 9.59 Å². The summed E-state index contributed by atoms with van der Waals surface area (Å²) in [5.41, 5.74) is 4.92. The van der Waals surface area contributed by atoms with Gasteiger partial charge in [0.05, 0.1) is 0 Å². The van der Waals surface area contributed by atoms with Gasteiger partial charge in [-0.25, -0.2) is 9.59 Å². The zero-order valence-electron chi connectivity index (χ0n) is 17.5. The van der Waals surface area contributed by atoms with Crippen molar-refractivity contribution in [2.75, 3.05) is 0 Å². The Morgan fingerprint density at radius 2 is 1.16 bits per heavy atom. The van der Waals surface area contributed by atoms with Crippen LogP contribution < -0.4 is 9.47 Å². The van der Waals surface area contributed by atoms with Gasteiger partial charge >= 0.3 is 11.9 Å². The average Bonchev–Trinajstić information content (AvgIpc) is 2.79. The van der Waals surface area contributed by atoms with Gasteiger partial charge in [0.25, 0.3) is 0 Å². The minimum Gasteiger partial charge on any atom is -0.423 e. The molecule has 156 valence electrons. The molecule has 4 nitrogen and oxygen atoms in total. The van der Waals surface area contributed by atoms with Crippen molar-refractivity contribution in [3.05, 3.63) is 109 Å². The van der Waals surface area contributed by atoms with Crippen molar-refractivity contribution in [3.8, 4) is 22.6 Å². The number of hydrogen-bond acceptors (Lipinski definition) is 4. The summed E-state index contributed by atoms with van der Waals surface area (Å²) < 4.78 is 10.3. The van der Waals surface area contributed by atoms with Crippen molar-refractivity contribution in [1.29, 1.82) is 0 Å². The molecular formula is C27H24O4. The summed E-state index contributed by atoms with van der Waals surface area (Å²) in [6.07, 6.45) is 2.93. The lowest BCUT2D eigenvalue weighted by atomic mass is 10.0. The van der Waals surface area contributed by atoms with Crippen LogP contribution in [0.1, 0.15) is 18.1 Å². The molecule has 0 aliphatic rings. The summed E-state index contributed by atoms with van der Waals surface area (Å²) in [7, 11) is 0. The van der Waals surface area contributed by atoms with Crippen molar-refractivity contribution in [2.24, 2.45) is 0 Å². The third-order valence-corrected chi connectivity index (χ3v) is 4.71. The minimum atomic E-state index is -0.473. The molecule has 0 aromatic heterocycles. The highest BCUT2D eigenvalue weighted by Gasteiger charge is 2.06. The van der Waals surface area contributed by atoms with Gasteiger partial charge in [-0.05, 0) is 66.3 Å². The summed E-state index contributed by atoms with van der Waals surface area (Å²) in [6.45, 7) is 8.59. The lowest BCUT2D eigenvalue weighted by Gasteiger charge is -2.07. The zero-order chi connectivity index (χ0) is 22.2. The fraction of sp³-hybridized carbons (Fsp3) is 0.111. The first kappa shape index (κ1) is 21.8. The molecule has 0 radical (unpaired) electrons. The maximum atomic E-state index is 11.6. The lowest BCUT2D eigenvalue weighted by molar-refractivity contribution is -0.130. The zero-order valence-corrected chi connectivity index (χ0v) is 17.5. The summed E-state index contributed by atoms with van der Waals surface area (Å²) in [6, 6.07) is 23.3. The van der Waals surface area contributed by atoms with Crippen LogP contribution in [0.4, 0.5) is 0 Å². The molecule has 0 unspecified atom stereocenters. The van der Waals surface area contributed by atoms with Crippen LogP contribution in [-0.2, 0) is 22.4 Å². The fourth-order valence-electron chi connectivity index (χ4n) is 2.94. The molecular weight excluding hydrogens is 388 g/mol. The normalized spacial score (nSPS) is 10.2. The highest BCUT2D eigenvalue weighted by atomic mass is 16.5. The third-order valence-electron chi connectivity index (χ3n) is 4.71. The minimum absolute atomic E-state index is 0.375. The molecule has 0 aliphatic heterocycles. The Morgan fingerprint density at radius 3 is 1.65 bits per heavy atom. The van der Waals surface area contributed by atoms with Gasteiger partial charge in [-0.15, -0.1) is 0 Å². The van der Waals surface area contributed by atoms with Crippen LogP contribution in [0.25, 0.3) is 11.1 Å². The van der Waals surface area contributed by atoms with E-state index < -0.39 is 11.9 Å². The van der Waals surface area contributed by atoms with E-state index in [1.807, 2.05) is 24.3 Å². The monoisotopic (exact) mass is 412 g/mol. The van der Waals surface area contributed by atoms with E-state index in [-0.39, 0.29) is 0 Å². The first-order chi connectivity index (χ1) is 14.9. The van der Waals surface area contributed by atoms with Crippen LogP contribution in [-0.4, -0.2) is 11.9 Å². The summed E-state index contributed by atoms with van der Waals surface area (Å²) in [5, 5.41) is 0. The quantitative estimate of drug-likeness (QED) is 0.270. The standard InChI is InChI=1S/C27H24O4/c1-4-26(28)30-24-17-13-23(14-18-24)22-11-7-20(8-12-22)5-6-21-9-15-25(16-10-21)31-27(29)19(2)3/h4,7-18H,1-2,5-6H2,3H3. The van der Waals surface area contributed by atoms with Gasteiger partial charge in [0.15, 0.2) is 0 Å². The largest absolute Gasteiger partial charge is 0.423 e. The van der Waals surface area contributed by atoms with Crippen LogP contribution in [0.2, 0.25) is 0 Å². The Morgan fingerprint density at radius 1 is 0.742 bits per heavy atom. The van der Waals surface area contributed by atoms with E-state index in [0.717, 1.165) is 30.0 Å². The van der Waals surface area contributed by atoms with Gasteiger partial charge in [0.1, 0.15) is 11.5 Å². The van der Waals surface area contributed by atoms with E-state index in [0.29, 0.717) is 17.1 Å². The Hall–Kier alpha value is -3.92. The Bertz CT molecular complexity index is 1080. The molecule has 0 saturated heterocycles. The van der Waals surface area contributed by atoms with Gasteiger partial charge in [0, 0.05) is 11.6 Å². The number of hydrogen-bond donors (Lipinski definition) is 0. The Labute approximate surface area is 182 Å². The average molecular weight is 412 g/mol. The maximum absolute atomic E-state index is 11.6. The molecule has 0 amide bonds. The van der Waals surface area contributed by atoms with Gasteiger partial charge in [0.2, 0.25) is 0 Å². The van der Waals surface area contributed by atoms with Crippen LogP contribution in [0.3, 0.4) is 0 Å². The molecule has 4 heteroatoms. The molecule has 0 spiro atoms. The predicted molar refractivity (Wildman–Crippen MR) is 122 cm³/mol. The molecule has 0 atom stereocenters. The summed E-state index contributed by atoms with van der Waals surface area (Å²) in [4.78, 5) is 22.8. The predicted octanol–water partition coefficient (Wildman–Crippen LogP) is 5.71. The third kappa shape index (κ3) is 6.28. The molecule has 0 aliphatic carbocycles. The Kier molecular flexibility index (Phi) is 7.17. The highest BCUT2D eigenvalue weighted by Crippen LogP contribution is 2.23. The first-order valence-electron chi connectivity index (χ1n) is 9.95. The number of rotatable bonds is 8. The van der Waals surface area contributed by atoms with E-state index in [4.69, 9.17) is 9.47 Å². The fourth-order valence-corrected chi connectivity index (χ4v) is 2.94. The molecule has 0 fully saturated rings. The highest BCUT2D eigenvalue weighted by molar-refractivity contribution is 5.88. The van der Waals surface area contributed by atoms with E-state index >= 15 is 0 Å². The molecule has 3 aromatic carbocycles. The summed E-state index contributed by atoms with van der Waals surface area (Å²) in [5.74, 6) is 0.122. The van der Waals surface area contributed by atoms with Gasteiger partial charge in [-0.1, -0.05) is 61.7 Å². The summed E-state index contributed by atoms with van der Waals surface area (Å²) >= 11 is 0. The van der Waals surface area contributed by atoms with Gasteiger partial charge in [-0.2, -0.15) is 0 Å².